The second kappa shape index (κ2) is 7.84. The molecule has 15 heteroatoms. The van der Waals surface area contributed by atoms with E-state index >= 15 is 0 Å². The van der Waals surface area contributed by atoms with Crippen molar-refractivity contribution in [3.05, 3.63) is 47.8 Å². The van der Waals surface area contributed by atoms with Crippen molar-refractivity contribution in [1.82, 2.24) is 14.8 Å². The maximum atomic E-state index is 15.0. The number of amides is 2. The molecular weight excluding hydrogens is 506 g/mol. The number of alkyl halides is 3. The van der Waals surface area contributed by atoms with Gasteiger partial charge in [-0.05, 0) is 18.2 Å². The monoisotopic (exact) mass is 520 g/mol. The minimum Gasteiger partial charge on any atom is -0.354 e. The maximum Gasteiger partial charge on any atom is 0.326 e. The van der Waals surface area contributed by atoms with Crippen LogP contribution in [0.5, 0.6) is 0 Å². The molecule has 5 rings (SSSR count). The summed E-state index contributed by atoms with van der Waals surface area (Å²) in [5.74, 6) is -7.20. The van der Waals surface area contributed by atoms with Crippen molar-refractivity contribution >= 4 is 32.8 Å². The van der Waals surface area contributed by atoms with Gasteiger partial charge in [-0.3, -0.25) is 4.90 Å². The highest BCUT2D eigenvalue weighted by molar-refractivity contribution is 7.89. The van der Waals surface area contributed by atoms with Crippen LogP contribution >= 0.6 is 0 Å². The molecule has 2 amide bonds. The van der Waals surface area contributed by atoms with Crippen LogP contribution < -0.4 is 9.62 Å². The van der Waals surface area contributed by atoms with Crippen LogP contribution in [-0.4, -0.2) is 61.6 Å². The lowest BCUT2D eigenvalue weighted by Gasteiger charge is -2.23. The van der Waals surface area contributed by atoms with Crippen LogP contribution in [0, 0.1) is 17.5 Å². The highest BCUT2D eigenvalue weighted by atomic mass is 32.2. The number of rotatable bonds is 5. The van der Waals surface area contributed by atoms with Crippen molar-refractivity contribution in [1.29, 1.82) is 0 Å². The third-order valence-corrected chi connectivity index (χ3v) is 6.90. The van der Waals surface area contributed by atoms with Gasteiger partial charge in [-0.25, -0.2) is 44.3 Å². The van der Waals surface area contributed by atoms with E-state index in [1.54, 1.807) is 4.72 Å². The quantitative estimate of drug-likeness (QED) is 0.521. The zero-order valence-corrected chi connectivity index (χ0v) is 18.1. The molecule has 2 aromatic carbocycles. The highest BCUT2D eigenvalue weighted by Gasteiger charge is 2.63. The van der Waals surface area contributed by atoms with Crippen LogP contribution in [0.4, 0.5) is 37.0 Å². The number of hydrogen-bond donors (Lipinski definition) is 1. The van der Waals surface area contributed by atoms with Gasteiger partial charge in [0, 0.05) is 18.2 Å². The molecule has 2 aliphatic rings. The molecule has 0 spiro atoms. The zero-order valence-electron chi connectivity index (χ0n) is 17.3. The van der Waals surface area contributed by atoms with E-state index in [-0.39, 0.29) is 22.4 Å². The lowest BCUT2D eigenvalue weighted by atomic mass is 9.99. The fourth-order valence-corrected chi connectivity index (χ4v) is 5.15. The average molecular weight is 520 g/mol. The van der Waals surface area contributed by atoms with Gasteiger partial charge >= 0.3 is 6.03 Å². The van der Waals surface area contributed by atoms with E-state index in [0.29, 0.717) is 4.90 Å². The van der Waals surface area contributed by atoms with Crippen molar-refractivity contribution in [3.8, 4) is 11.1 Å². The molecule has 2 saturated heterocycles. The molecule has 8 nitrogen and oxygen atoms in total. The normalized spacial score (nSPS) is 21.8. The summed E-state index contributed by atoms with van der Waals surface area (Å²) in [4.78, 5) is 14.5. The van der Waals surface area contributed by atoms with Crippen molar-refractivity contribution in [2.75, 3.05) is 24.0 Å². The Morgan fingerprint density at radius 3 is 2.46 bits per heavy atom. The number of sulfonamides is 1. The molecule has 186 valence electrons. The second-order valence-electron chi connectivity index (χ2n) is 8.06. The molecule has 0 bridgehead atoms. The Balaban J connectivity index is 1.57. The van der Waals surface area contributed by atoms with Crippen molar-refractivity contribution in [3.63, 3.8) is 0 Å². The Hall–Kier alpha value is -3.33. The first-order chi connectivity index (χ1) is 16.4. The maximum absolute atomic E-state index is 15.0. The van der Waals surface area contributed by atoms with Crippen LogP contribution in [0.25, 0.3) is 22.1 Å². The summed E-state index contributed by atoms with van der Waals surface area (Å²) in [7, 11) is -4.64. The molecule has 2 fully saturated rings. The van der Waals surface area contributed by atoms with Gasteiger partial charge in [-0.15, -0.1) is 0 Å². The number of anilines is 1. The van der Waals surface area contributed by atoms with Gasteiger partial charge in [0.15, 0.2) is 11.4 Å². The second-order valence-corrected chi connectivity index (χ2v) is 9.74. The predicted octanol–water partition coefficient (Wildman–Crippen LogP) is 3.39. The highest BCUT2D eigenvalue weighted by Crippen LogP contribution is 2.44. The van der Waals surface area contributed by atoms with E-state index in [9.17, 15) is 39.6 Å². The zero-order chi connectivity index (χ0) is 25.3. The fourth-order valence-electron chi connectivity index (χ4n) is 4.42. The molecule has 0 radical (unpaired) electrons. The number of nitrogens with one attached hydrogen (secondary N) is 1. The molecule has 3 heterocycles. The Bertz CT molecular complexity index is 1440. The molecular formula is C20H14F6N4O4S. The van der Waals surface area contributed by atoms with Crippen molar-refractivity contribution in [2.45, 2.75) is 18.0 Å². The van der Waals surface area contributed by atoms with Gasteiger partial charge in [-0.1, -0.05) is 11.2 Å². The van der Waals surface area contributed by atoms with Gasteiger partial charge in [0.2, 0.25) is 16.0 Å². The largest absolute Gasteiger partial charge is 0.354 e. The van der Waals surface area contributed by atoms with Gasteiger partial charge in [0.05, 0.1) is 17.5 Å². The SMILES string of the molecule is O=C1N(c2noc3cc(F)cc(-c4c(F)cccc4F)c23)C[C@H]2N1C[C@@H](NS(=O)(=O)CF)C2(F)F. The lowest BCUT2D eigenvalue weighted by molar-refractivity contribution is -0.0325. The Kier molecular flexibility index (Phi) is 5.25. The van der Waals surface area contributed by atoms with Crippen molar-refractivity contribution < 1.29 is 44.1 Å². The number of nitrogens with zero attached hydrogens (tertiary/aromatic N) is 3. The van der Waals surface area contributed by atoms with E-state index in [2.05, 4.69) is 5.16 Å². The lowest BCUT2D eigenvalue weighted by Crippen LogP contribution is -2.51. The molecule has 2 atom stereocenters. The fraction of sp³-hybridized carbons (Fsp3) is 0.300. The van der Waals surface area contributed by atoms with E-state index in [4.69, 9.17) is 4.52 Å². The molecule has 0 aliphatic carbocycles. The smallest absolute Gasteiger partial charge is 0.326 e. The Morgan fingerprint density at radius 1 is 1.14 bits per heavy atom. The van der Waals surface area contributed by atoms with Crippen LogP contribution in [0.3, 0.4) is 0 Å². The van der Waals surface area contributed by atoms with Gasteiger partial charge < -0.3 is 9.42 Å². The van der Waals surface area contributed by atoms with E-state index < -0.39 is 76.2 Å². The number of carbonyl (C=O) groups excluding carboxylic acids is 1. The van der Waals surface area contributed by atoms with Crippen LogP contribution in [0.15, 0.2) is 34.9 Å². The number of urea groups is 1. The van der Waals surface area contributed by atoms with Gasteiger partial charge in [-0.2, -0.15) is 0 Å². The number of hydrogen-bond acceptors (Lipinski definition) is 5. The summed E-state index contributed by atoms with van der Waals surface area (Å²) in [5, 5.41) is 3.48. The number of carbonyl (C=O) groups is 1. The Morgan fingerprint density at radius 2 is 1.83 bits per heavy atom. The predicted molar refractivity (Wildman–Crippen MR) is 109 cm³/mol. The molecule has 2 aliphatic heterocycles. The topological polar surface area (TPSA) is 95.8 Å². The molecule has 0 saturated carbocycles. The third kappa shape index (κ3) is 3.60. The summed E-state index contributed by atoms with van der Waals surface area (Å²) in [6.45, 7) is -1.48. The summed E-state index contributed by atoms with van der Waals surface area (Å²) < 4.78 is 115. The first-order valence-electron chi connectivity index (χ1n) is 10.00. The number of fused-ring (bicyclic) bond motifs is 2. The molecule has 0 unspecified atom stereocenters. The van der Waals surface area contributed by atoms with Gasteiger partial charge in [0.25, 0.3) is 5.92 Å². The van der Waals surface area contributed by atoms with Crippen molar-refractivity contribution in [2.24, 2.45) is 0 Å². The standard InChI is InChI=1S/C20H14F6N4O4S/c21-8-35(32,33)28-14-6-29-15(20(14,25)26)7-30(19(29)31)18-17-10(4-9(22)5-13(17)34-27-18)16-11(23)2-1-3-12(16)24/h1-5,14-15,28H,6-8H2/t14-,15-/m1/s1. The number of aromatic nitrogens is 1. The van der Waals surface area contributed by atoms with E-state index in [1.165, 1.54) is 0 Å². The summed E-state index contributed by atoms with van der Waals surface area (Å²) in [6, 6.07) is -2.25. The minimum atomic E-state index is -4.64. The van der Waals surface area contributed by atoms with E-state index in [1.807, 2.05) is 0 Å². The minimum absolute atomic E-state index is 0.192. The van der Waals surface area contributed by atoms with Gasteiger partial charge in [0.1, 0.15) is 29.5 Å². The summed E-state index contributed by atoms with van der Waals surface area (Å²) in [5.41, 5.74) is -1.29. The van der Waals surface area contributed by atoms with Crippen LogP contribution in [0.1, 0.15) is 0 Å². The molecule has 1 N–H and O–H groups in total. The first kappa shape index (κ1) is 23.4. The van der Waals surface area contributed by atoms with Crippen LogP contribution in [0.2, 0.25) is 0 Å². The average Bonchev–Trinajstić information content (AvgIpc) is 3.40. The number of halogens is 6. The third-order valence-electron chi connectivity index (χ3n) is 5.97. The Labute approximate surface area is 193 Å². The number of benzene rings is 2. The molecule has 1 aromatic heterocycles. The first-order valence-corrected chi connectivity index (χ1v) is 11.6. The van der Waals surface area contributed by atoms with E-state index in [0.717, 1.165) is 35.2 Å². The molecule has 3 aromatic rings. The van der Waals surface area contributed by atoms with Crippen LogP contribution in [-0.2, 0) is 10.0 Å². The summed E-state index contributed by atoms with van der Waals surface area (Å²) in [6.07, 6.45) is 0. The summed E-state index contributed by atoms with van der Waals surface area (Å²) >= 11 is 0. The molecule has 35 heavy (non-hydrogen) atoms.